The number of carbonyl (C=O) groups excluding carboxylic acids is 3. The Morgan fingerprint density at radius 1 is 0.943 bits per heavy atom. The number of hydrogen-bond acceptors (Lipinski definition) is 5. The van der Waals surface area contributed by atoms with Crippen LogP contribution in [-0.4, -0.2) is 25.0 Å². The van der Waals surface area contributed by atoms with Gasteiger partial charge in [0.05, 0.1) is 22.8 Å². The lowest BCUT2D eigenvalue weighted by Gasteiger charge is -2.26. The lowest BCUT2D eigenvalue weighted by atomic mass is 10.1. The fraction of sp³-hybridized carbons (Fsp3) is 0.115. The van der Waals surface area contributed by atoms with E-state index in [1.807, 2.05) is 31.2 Å². The fourth-order valence-corrected chi connectivity index (χ4v) is 3.70. The summed E-state index contributed by atoms with van der Waals surface area (Å²) in [7, 11) is 1.52. The number of benzene rings is 3. The van der Waals surface area contributed by atoms with E-state index in [2.05, 4.69) is 5.32 Å². The second kappa shape index (κ2) is 10.2. The summed E-state index contributed by atoms with van der Waals surface area (Å²) >= 11 is 12.0. The number of hydrogen-bond donors (Lipinski definition) is 1. The van der Waals surface area contributed by atoms with Gasteiger partial charge in [0.2, 0.25) is 0 Å². The molecule has 7 nitrogen and oxygen atoms in total. The molecule has 0 unspecified atom stereocenters. The minimum atomic E-state index is -0.888. The summed E-state index contributed by atoms with van der Waals surface area (Å²) in [4.78, 5) is 39.1. The number of rotatable bonds is 6. The number of nitrogens with one attached hydrogen (secondary N) is 1. The largest absolute Gasteiger partial charge is 0.497 e. The zero-order chi connectivity index (χ0) is 25.1. The Kier molecular flexibility index (Phi) is 7.10. The second-order valence-electron chi connectivity index (χ2n) is 7.73. The molecule has 35 heavy (non-hydrogen) atoms. The minimum Gasteiger partial charge on any atom is -0.497 e. The second-order valence-corrected chi connectivity index (χ2v) is 8.55. The van der Waals surface area contributed by atoms with Crippen molar-refractivity contribution in [2.75, 3.05) is 12.0 Å². The van der Waals surface area contributed by atoms with E-state index in [9.17, 15) is 14.4 Å². The topological polar surface area (TPSA) is 84.9 Å². The monoisotopic (exact) mass is 510 g/mol. The van der Waals surface area contributed by atoms with Crippen molar-refractivity contribution in [3.63, 3.8) is 0 Å². The first-order valence-corrected chi connectivity index (χ1v) is 11.3. The van der Waals surface area contributed by atoms with Gasteiger partial charge in [0, 0.05) is 11.6 Å². The number of ether oxygens (including phenoxy) is 2. The lowest BCUT2D eigenvalue weighted by Crippen LogP contribution is -2.54. The van der Waals surface area contributed by atoms with Crippen molar-refractivity contribution in [1.29, 1.82) is 0 Å². The number of urea groups is 1. The van der Waals surface area contributed by atoms with E-state index in [-0.39, 0.29) is 27.9 Å². The Morgan fingerprint density at radius 2 is 1.69 bits per heavy atom. The van der Waals surface area contributed by atoms with Crippen LogP contribution in [-0.2, 0) is 16.2 Å². The highest BCUT2D eigenvalue weighted by molar-refractivity contribution is 6.43. The van der Waals surface area contributed by atoms with Gasteiger partial charge in [-0.15, -0.1) is 0 Å². The average Bonchev–Trinajstić information content (AvgIpc) is 2.84. The van der Waals surface area contributed by atoms with Gasteiger partial charge in [0.1, 0.15) is 23.7 Å². The molecule has 1 saturated heterocycles. The van der Waals surface area contributed by atoms with Gasteiger partial charge >= 0.3 is 6.03 Å². The molecular formula is C26H20Cl2N2O5. The molecule has 1 fully saturated rings. The van der Waals surface area contributed by atoms with Crippen LogP contribution in [0.15, 0.2) is 66.2 Å². The highest BCUT2D eigenvalue weighted by atomic mass is 35.5. The van der Waals surface area contributed by atoms with Gasteiger partial charge < -0.3 is 9.47 Å². The quantitative estimate of drug-likeness (QED) is 0.346. The molecule has 0 bridgehead atoms. The number of imide groups is 2. The first-order valence-electron chi connectivity index (χ1n) is 10.5. The maximum atomic E-state index is 13.2. The van der Waals surface area contributed by atoms with Crippen LogP contribution in [0.4, 0.5) is 10.5 Å². The molecule has 4 rings (SSSR count). The molecule has 0 spiro atoms. The summed E-state index contributed by atoms with van der Waals surface area (Å²) in [5.74, 6) is -0.692. The number of amides is 4. The van der Waals surface area contributed by atoms with Gasteiger partial charge in [-0.1, -0.05) is 53.0 Å². The first-order chi connectivity index (χ1) is 16.8. The maximum Gasteiger partial charge on any atom is 0.335 e. The van der Waals surface area contributed by atoms with Crippen LogP contribution in [0, 0.1) is 6.92 Å². The lowest BCUT2D eigenvalue weighted by molar-refractivity contribution is -0.122. The van der Waals surface area contributed by atoms with Gasteiger partial charge in [-0.05, 0) is 48.9 Å². The minimum absolute atomic E-state index is 0.161. The summed E-state index contributed by atoms with van der Waals surface area (Å²) in [6.07, 6.45) is 1.37. The summed E-state index contributed by atoms with van der Waals surface area (Å²) in [5.41, 5.74) is 2.45. The smallest absolute Gasteiger partial charge is 0.335 e. The van der Waals surface area contributed by atoms with Crippen LogP contribution in [0.1, 0.15) is 16.7 Å². The normalized spacial score (nSPS) is 14.8. The van der Waals surface area contributed by atoms with Crippen LogP contribution < -0.4 is 19.7 Å². The Labute approximate surface area is 211 Å². The molecule has 1 N–H and O–H groups in total. The van der Waals surface area contributed by atoms with E-state index in [0.717, 1.165) is 16.0 Å². The predicted octanol–water partition coefficient (Wildman–Crippen LogP) is 5.56. The SMILES string of the molecule is COc1ccc(/C=C2\C(=O)NC(=O)N(c3ccc(Cl)c(Cl)c3)C2=O)c(OCc2ccc(C)cc2)c1. The predicted molar refractivity (Wildman–Crippen MR) is 134 cm³/mol. The van der Waals surface area contributed by atoms with Crippen LogP contribution >= 0.6 is 23.2 Å². The first kappa shape index (κ1) is 24.3. The molecule has 4 amide bonds. The zero-order valence-electron chi connectivity index (χ0n) is 18.8. The van der Waals surface area contributed by atoms with E-state index < -0.39 is 17.8 Å². The van der Waals surface area contributed by atoms with Gasteiger partial charge in [0.25, 0.3) is 11.8 Å². The average molecular weight is 511 g/mol. The third-order valence-electron chi connectivity index (χ3n) is 5.30. The molecular weight excluding hydrogens is 491 g/mol. The Hall–Kier alpha value is -3.81. The summed E-state index contributed by atoms with van der Waals surface area (Å²) in [6, 6.07) is 16.3. The molecule has 0 aliphatic carbocycles. The van der Waals surface area contributed by atoms with Crippen molar-refractivity contribution in [1.82, 2.24) is 5.32 Å². The number of carbonyl (C=O) groups is 3. The zero-order valence-corrected chi connectivity index (χ0v) is 20.3. The molecule has 0 atom stereocenters. The molecule has 9 heteroatoms. The van der Waals surface area contributed by atoms with E-state index in [1.165, 1.54) is 31.4 Å². The van der Waals surface area contributed by atoms with E-state index >= 15 is 0 Å². The van der Waals surface area contributed by atoms with Gasteiger partial charge in [0.15, 0.2) is 0 Å². The van der Waals surface area contributed by atoms with Crippen LogP contribution in [0.25, 0.3) is 6.08 Å². The van der Waals surface area contributed by atoms with Crippen LogP contribution in [0.2, 0.25) is 10.0 Å². The molecule has 1 aliphatic rings. The maximum absolute atomic E-state index is 13.2. The molecule has 178 valence electrons. The number of barbiturate groups is 1. The summed E-state index contributed by atoms with van der Waals surface area (Å²) in [6.45, 7) is 2.26. The van der Waals surface area contributed by atoms with Gasteiger partial charge in [-0.2, -0.15) is 0 Å². The Balaban J connectivity index is 1.68. The van der Waals surface area contributed by atoms with Crippen LogP contribution in [0.5, 0.6) is 11.5 Å². The van der Waals surface area contributed by atoms with Crippen molar-refractivity contribution in [3.05, 3.63) is 93.0 Å². The van der Waals surface area contributed by atoms with Crippen molar-refractivity contribution in [2.24, 2.45) is 0 Å². The van der Waals surface area contributed by atoms with E-state index in [4.69, 9.17) is 32.7 Å². The Morgan fingerprint density at radius 3 is 2.37 bits per heavy atom. The third kappa shape index (κ3) is 5.31. The molecule has 0 aromatic heterocycles. The van der Waals surface area contributed by atoms with Crippen molar-refractivity contribution in [3.8, 4) is 11.5 Å². The highest BCUT2D eigenvalue weighted by Gasteiger charge is 2.37. The summed E-state index contributed by atoms with van der Waals surface area (Å²) in [5, 5.41) is 2.61. The van der Waals surface area contributed by atoms with Crippen molar-refractivity contribution >= 4 is 52.8 Å². The molecule has 1 heterocycles. The molecule has 3 aromatic rings. The van der Waals surface area contributed by atoms with Crippen molar-refractivity contribution < 1.29 is 23.9 Å². The molecule has 3 aromatic carbocycles. The summed E-state index contributed by atoms with van der Waals surface area (Å²) < 4.78 is 11.3. The van der Waals surface area contributed by atoms with Gasteiger partial charge in [-0.3, -0.25) is 14.9 Å². The van der Waals surface area contributed by atoms with E-state index in [1.54, 1.807) is 18.2 Å². The molecule has 0 saturated carbocycles. The highest BCUT2D eigenvalue weighted by Crippen LogP contribution is 2.31. The Bertz CT molecular complexity index is 1350. The number of anilines is 1. The molecule has 1 aliphatic heterocycles. The van der Waals surface area contributed by atoms with E-state index in [0.29, 0.717) is 17.1 Å². The molecule has 0 radical (unpaired) electrons. The number of aryl methyl sites for hydroxylation is 1. The fourth-order valence-electron chi connectivity index (χ4n) is 3.40. The number of halogens is 2. The van der Waals surface area contributed by atoms with Gasteiger partial charge in [-0.25, -0.2) is 9.69 Å². The van der Waals surface area contributed by atoms with Crippen LogP contribution in [0.3, 0.4) is 0 Å². The standard InChI is InChI=1S/C26H20Cl2N2O5/c1-15-3-5-16(6-4-15)14-35-23-13-19(34-2)9-7-17(23)11-20-24(31)29-26(33)30(25(20)32)18-8-10-21(27)22(28)12-18/h3-13H,14H2,1-2H3,(H,29,31,33)/b20-11+. The third-order valence-corrected chi connectivity index (χ3v) is 6.04. The number of nitrogens with zero attached hydrogens (tertiary/aromatic N) is 1. The number of methoxy groups -OCH3 is 1. The van der Waals surface area contributed by atoms with Crippen molar-refractivity contribution in [2.45, 2.75) is 13.5 Å².